The van der Waals surface area contributed by atoms with Crippen molar-refractivity contribution in [3.8, 4) is 0 Å². The molecule has 9 atom stereocenters. The van der Waals surface area contributed by atoms with Gasteiger partial charge < -0.3 is 84.7 Å². The van der Waals surface area contributed by atoms with Gasteiger partial charge in [0.15, 0.2) is 5.96 Å². The number of carbonyl (C=O) groups excluding carboxylic acids is 9. The Morgan fingerprint density at radius 1 is 0.639 bits per heavy atom. The average Bonchev–Trinajstić information content (AvgIpc) is 3.16. The predicted octanol–water partition coefficient (Wildman–Crippen LogP) is -7.49. The van der Waals surface area contributed by atoms with Crippen LogP contribution in [0.1, 0.15) is 65.7 Å². The number of hydrogen-bond donors (Lipinski definition) is 14. The lowest BCUT2D eigenvalue weighted by atomic mass is 10.0. The van der Waals surface area contributed by atoms with E-state index in [0.717, 1.165) is 0 Å². The summed E-state index contributed by atoms with van der Waals surface area (Å²) in [5, 5.41) is 46.8. The first kappa shape index (κ1) is 55.5. The standard InChI is InChI=1S/C36H67N13O12/c1-19(43-35(61)28(21(3)53)47-30(56)22(37)12-13-26(38)54)29(55)44-24(11-9-14-42-36(39)40)31(57)45-23(10-7-8-16-49(4,5)6)32(58)46-25(18-51)33(59)48-27(20(2)52)34(60)41-15-17-50/h17,19-25,27-28,51-53H,7-16,18,37H2,1-6H3,(H12-,38,39,40,41,42,43,44,45,46,47,48,54,55,56,57,58,59,60,61)/p+1/t19-,20+,21+,22-,23-,24-,25-,27-,28-/m0/s1. The number of nitrogens with two attached hydrogens (primary N) is 4. The summed E-state index contributed by atoms with van der Waals surface area (Å²) in [6.45, 7) is 3.02. The predicted molar refractivity (Wildman–Crippen MR) is 220 cm³/mol. The van der Waals surface area contributed by atoms with Crippen LogP contribution in [0.3, 0.4) is 0 Å². The SMILES string of the molecule is C[C@H](NC(=O)[C@@H](NC(=O)[C@@H](N)CCC(N)=O)[C@@H](C)O)C(=O)N[C@@H](CCCN=C(N)N)C(=O)N[C@@H](CCCC[N+](C)(C)C)C(=O)N[C@@H](CO)C(=O)N[C@H](C(=O)NCC=O)[C@@H](C)O. The van der Waals surface area contributed by atoms with E-state index in [1.54, 1.807) is 0 Å². The van der Waals surface area contributed by atoms with Crippen LogP contribution in [0.15, 0.2) is 4.99 Å². The zero-order valence-corrected chi connectivity index (χ0v) is 35.8. The first-order valence-electron chi connectivity index (χ1n) is 19.7. The smallest absolute Gasteiger partial charge is 0.245 e. The topological polar surface area (TPSA) is 415 Å². The van der Waals surface area contributed by atoms with E-state index in [1.807, 2.05) is 21.1 Å². The fraction of sp³-hybridized carbons (Fsp3) is 0.722. The zero-order chi connectivity index (χ0) is 47.0. The maximum absolute atomic E-state index is 13.9. The van der Waals surface area contributed by atoms with E-state index >= 15 is 0 Å². The van der Waals surface area contributed by atoms with Crippen molar-refractivity contribution in [1.82, 2.24) is 37.2 Å². The Morgan fingerprint density at radius 2 is 1.13 bits per heavy atom. The van der Waals surface area contributed by atoms with Crippen LogP contribution in [0.4, 0.5) is 0 Å². The van der Waals surface area contributed by atoms with Gasteiger partial charge in [-0.2, -0.15) is 0 Å². The van der Waals surface area contributed by atoms with Crippen LogP contribution in [0.25, 0.3) is 0 Å². The molecule has 0 spiro atoms. The number of guanidine groups is 1. The number of amides is 8. The molecule has 0 saturated heterocycles. The van der Waals surface area contributed by atoms with E-state index in [9.17, 15) is 58.5 Å². The summed E-state index contributed by atoms with van der Waals surface area (Å²) in [6, 6.07) is -10.1. The number of rotatable bonds is 30. The highest BCUT2D eigenvalue weighted by molar-refractivity contribution is 5.97. The van der Waals surface area contributed by atoms with Gasteiger partial charge in [-0.3, -0.25) is 43.3 Å². The molecule has 0 aromatic carbocycles. The number of unbranched alkanes of at least 4 members (excludes halogenated alkanes) is 1. The highest BCUT2D eigenvalue weighted by Gasteiger charge is 2.34. The number of aliphatic imine (C=N–C) groups is 1. The molecule has 0 aromatic rings. The largest absolute Gasteiger partial charge is 0.394 e. The summed E-state index contributed by atoms with van der Waals surface area (Å²) in [5.74, 6) is -7.45. The van der Waals surface area contributed by atoms with Gasteiger partial charge in [-0.15, -0.1) is 0 Å². The Kier molecular flexibility index (Phi) is 25.6. The molecule has 25 nitrogen and oxygen atoms in total. The van der Waals surface area contributed by atoms with E-state index in [2.05, 4.69) is 42.2 Å². The van der Waals surface area contributed by atoms with E-state index < -0.39 is 115 Å². The molecule has 348 valence electrons. The molecule has 18 N–H and O–H groups in total. The number of nitrogens with zero attached hydrogens (tertiary/aromatic N) is 2. The molecule has 0 saturated carbocycles. The van der Waals surface area contributed by atoms with Gasteiger partial charge in [0.1, 0.15) is 42.5 Å². The molecule has 61 heavy (non-hydrogen) atoms. The number of nitrogens with one attached hydrogen (secondary N) is 7. The van der Waals surface area contributed by atoms with Gasteiger partial charge in [-0.1, -0.05) is 0 Å². The Labute approximate surface area is 354 Å². The number of quaternary nitrogens is 1. The highest BCUT2D eigenvalue weighted by atomic mass is 16.3. The van der Waals surface area contributed by atoms with Crippen molar-refractivity contribution in [1.29, 1.82) is 0 Å². The quantitative estimate of drug-likeness (QED) is 0.0105. The third kappa shape index (κ3) is 23.2. The molecule has 0 fully saturated rings. The number of primary amides is 1. The van der Waals surface area contributed by atoms with Crippen LogP contribution < -0.4 is 60.2 Å². The van der Waals surface area contributed by atoms with Gasteiger partial charge >= 0.3 is 0 Å². The summed E-state index contributed by atoms with van der Waals surface area (Å²) in [6.07, 6.45) is -1.79. The Bertz CT molecular complexity index is 1520. The molecule has 0 aliphatic rings. The van der Waals surface area contributed by atoms with Gasteiger partial charge in [0.05, 0.1) is 59.1 Å². The minimum atomic E-state index is -1.67. The molecule has 0 aliphatic heterocycles. The molecule has 0 heterocycles. The van der Waals surface area contributed by atoms with Gasteiger partial charge in [0, 0.05) is 13.0 Å². The van der Waals surface area contributed by atoms with Crippen LogP contribution in [-0.2, 0) is 43.2 Å². The summed E-state index contributed by atoms with van der Waals surface area (Å²) < 4.78 is 0.592. The van der Waals surface area contributed by atoms with Crippen LogP contribution in [0.5, 0.6) is 0 Å². The number of aldehydes is 1. The highest BCUT2D eigenvalue weighted by Crippen LogP contribution is 2.08. The molecule has 0 radical (unpaired) electrons. The maximum Gasteiger partial charge on any atom is 0.245 e. The fourth-order valence-corrected chi connectivity index (χ4v) is 5.39. The average molecular weight is 875 g/mol. The van der Waals surface area contributed by atoms with Crippen LogP contribution in [0.2, 0.25) is 0 Å². The summed E-state index contributed by atoms with van der Waals surface area (Å²) >= 11 is 0. The lowest BCUT2D eigenvalue weighted by Gasteiger charge is -2.28. The second kappa shape index (κ2) is 28.1. The molecule has 8 amide bonds. The van der Waals surface area contributed by atoms with Crippen molar-refractivity contribution in [2.24, 2.45) is 27.9 Å². The molecule has 0 aromatic heterocycles. The van der Waals surface area contributed by atoms with E-state index in [0.29, 0.717) is 30.2 Å². The number of aliphatic hydroxyl groups excluding tert-OH is 3. The summed E-state index contributed by atoms with van der Waals surface area (Å²) in [5.41, 5.74) is 21.7. The monoisotopic (exact) mass is 875 g/mol. The number of hydrogen-bond acceptors (Lipinski definition) is 14. The van der Waals surface area contributed by atoms with E-state index in [-0.39, 0.29) is 44.6 Å². The molecule has 0 rings (SSSR count). The van der Waals surface area contributed by atoms with Gasteiger partial charge in [0.2, 0.25) is 47.3 Å². The second-order valence-corrected chi connectivity index (χ2v) is 15.5. The molecule has 25 heteroatoms. The molecular weight excluding hydrogens is 806 g/mol. The third-order valence-electron chi connectivity index (χ3n) is 8.87. The summed E-state index contributed by atoms with van der Waals surface area (Å²) in [7, 11) is 5.88. The Hall–Kier alpha value is -5.50. The maximum atomic E-state index is 13.9. The first-order chi connectivity index (χ1) is 28.3. The molecule has 0 aliphatic carbocycles. The van der Waals surface area contributed by atoms with Gasteiger partial charge in [-0.05, 0) is 59.3 Å². The van der Waals surface area contributed by atoms with Crippen LogP contribution in [-0.4, -0.2) is 181 Å². The number of carbonyl (C=O) groups is 9. The number of aliphatic hydroxyl groups is 3. The van der Waals surface area contributed by atoms with Crippen molar-refractivity contribution in [3.05, 3.63) is 0 Å². The third-order valence-corrected chi connectivity index (χ3v) is 8.87. The molecule has 0 bridgehead atoms. The summed E-state index contributed by atoms with van der Waals surface area (Å²) in [4.78, 5) is 118. The lowest BCUT2D eigenvalue weighted by Crippen LogP contribution is -2.61. The molecular formula is C36H68N13O12+. The van der Waals surface area contributed by atoms with Crippen molar-refractivity contribution >= 4 is 59.5 Å². The van der Waals surface area contributed by atoms with Gasteiger partial charge in [0.25, 0.3) is 0 Å². The zero-order valence-electron chi connectivity index (χ0n) is 35.8. The van der Waals surface area contributed by atoms with Crippen molar-refractivity contribution in [3.63, 3.8) is 0 Å². The lowest BCUT2D eigenvalue weighted by molar-refractivity contribution is -0.870. The second-order valence-electron chi connectivity index (χ2n) is 15.5. The normalized spacial score (nSPS) is 15.6. The van der Waals surface area contributed by atoms with E-state index in [4.69, 9.17) is 22.9 Å². The molecule has 0 unspecified atom stereocenters. The Morgan fingerprint density at radius 3 is 1.62 bits per heavy atom. The van der Waals surface area contributed by atoms with Crippen molar-refractivity contribution in [2.75, 3.05) is 47.4 Å². The van der Waals surface area contributed by atoms with E-state index in [1.165, 1.54) is 20.8 Å². The van der Waals surface area contributed by atoms with Crippen LogP contribution in [0, 0.1) is 0 Å². The van der Waals surface area contributed by atoms with Crippen LogP contribution >= 0.6 is 0 Å². The minimum absolute atomic E-state index is 0.0293. The fourth-order valence-electron chi connectivity index (χ4n) is 5.39. The Balaban J connectivity index is 6.31. The first-order valence-corrected chi connectivity index (χ1v) is 19.7. The van der Waals surface area contributed by atoms with Crippen molar-refractivity contribution < 1.29 is 63.0 Å². The minimum Gasteiger partial charge on any atom is -0.394 e. The van der Waals surface area contributed by atoms with Gasteiger partial charge in [-0.25, -0.2) is 0 Å². The van der Waals surface area contributed by atoms with Crippen molar-refractivity contribution in [2.45, 2.75) is 120 Å².